The first kappa shape index (κ1) is 14.2. The summed E-state index contributed by atoms with van der Waals surface area (Å²) in [7, 11) is 1.78. The summed E-state index contributed by atoms with van der Waals surface area (Å²) in [5.41, 5.74) is 6.67. The number of nitrogen functional groups attached to an aromatic ring is 1. The Labute approximate surface area is 111 Å². The Morgan fingerprint density at radius 3 is 2.82 bits per heavy atom. The molecule has 0 aliphatic rings. The first-order chi connectivity index (χ1) is 7.97. The van der Waals surface area contributed by atoms with E-state index in [1.165, 1.54) is 0 Å². The maximum atomic E-state index is 12.2. The van der Waals surface area contributed by atoms with Gasteiger partial charge in [-0.1, -0.05) is 11.6 Å². The van der Waals surface area contributed by atoms with Gasteiger partial charge in [0.1, 0.15) is 0 Å². The molecule has 0 aliphatic heterocycles. The predicted octanol–water partition coefficient (Wildman–Crippen LogP) is 2.75. The molecule has 1 aromatic rings. The molecular weight excluding hydrogens is 256 g/mol. The molecule has 0 aliphatic carbocycles. The molecule has 1 aromatic carbocycles. The molecule has 0 bridgehead atoms. The monoisotopic (exact) mass is 272 g/mol. The molecule has 0 heterocycles. The molecule has 1 unspecified atom stereocenters. The van der Waals surface area contributed by atoms with Gasteiger partial charge >= 0.3 is 0 Å². The van der Waals surface area contributed by atoms with Crippen LogP contribution in [0.1, 0.15) is 17.3 Å². The van der Waals surface area contributed by atoms with Crippen molar-refractivity contribution in [3.63, 3.8) is 0 Å². The highest BCUT2D eigenvalue weighted by Crippen LogP contribution is 2.21. The molecular formula is C12H17ClN2OS. The number of thioether (sulfide) groups is 1. The summed E-state index contributed by atoms with van der Waals surface area (Å²) in [5, 5.41) is 0.437. The van der Waals surface area contributed by atoms with E-state index in [-0.39, 0.29) is 11.9 Å². The van der Waals surface area contributed by atoms with Crippen LogP contribution in [-0.2, 0) is 0 Å². The number of rotatable bonds is 4. The largest absolute Gasteiger partial charge is 0.399 e. The van der Waals surface area contributed by atoms with Crippen LogP contribution in [0.5, 0.6) is 0 Å². The maximum Gasteiger partial charge on any atom is 0.255 e. The van der Waals surface area contributed by atoms with Crippen LogP contribution in [0.2, 0.25) is 5.02 Å². The number of benzene rings is 1. The van der Waals surface area contributed by atoms with Crippen LogP contribution < -0.4 is 5.73 Å². The highest BCUT2D eigenvalue weighted by atomic mass is 35.5. The van der Waals surface area contributed by atoms with Gasteiger partial charge in [0.2, 0.25) is 0 Å². The SMILES string of the molecule is CSCC(C)N(C)C(=O)c1cc(N)ccc1Cl. The molecule has 0 fully saturated rings. The molecule has 2 N–H and O–H groups in total. The van der Waals surface area contributed by atoms with Gasteiger partial charge in [-0.05, 0) is 31.4 Å². The summed E-state index contributed by atoms with van der Waals surface area (Å²) in [6, 6.07) is 5.12. The zero-order chi connectivity index (χ0) is 13.0. The van der Waals surface area contributed by atoms with E-state index in [4.69, 9.17) is 17.3 Å². The number of carbonyl (C=O) groups is 1. The summed E-state index contributed by atoms with van der Waals surface area (Å²) >= 11 is 7.72. The minimum Gasteiger partial charge on any atom is -0.399 e. The molecule has 1 amide bonds. The lowest BCUT2D eigenvalue weighted by molar-refractivity contribution is 0.0758. The van der Waals surface area contributed by atoms with Gasteiger partial charge in [0, 0.05) is 24.5 Å². The number of anilines is 1. The zero-order valence-corrected chi connectivity index (χ0v) is 11.8. The van der Waals surface area contributed by atoms with Crippen LogP contribution in [0.4, 0.5) is 5.69 Å². The van der Waals surface area contributed by atoms with Gasteiger partial charge in [-0.15, -0.1) is 0 Å². The molecule has 0 spiro atoms. The van der Waals surface area contributed by atoms with Gasteiger partial charge in [0.25, 0.3) is 5.91 Å². The van der Waals surface area contributed by atoms with Crippen LogP contribution in [-0.4, -0.2) is 35.9 Å². The van der Waals surface area contributed by atoms with Crippen LogP contribution >= 0.6 is 23.4 Å². The second-order valence-electron chi connectivity index (χ2n) is 3.96. The number of hydrogen-bond donors (Lipinski definition) is 1. The number of carbonyl (C=O) groups excluding carboxylic acids is 1. The van der Waals surface area contributed by atoms with Crippen LogP contribution in [0.3, 0.4) is 0 Å². The average Bonchev–Trinajstić information content (AvgIpc) is 2.30. The molecule has 1 rings (SSSR count). The number of hydrogen-bond acceptors (Lipinski definition) is 3. The zero-order valence-electron chi connectivity index (χ0n) is 10.2. The molecule has 1 atom stereocenters. The molecule has 3 nitrogen and oxygen atoms in total. The van der Waals surface area contributed by atoms with Crippen molar-refractivity contribution in [1.29, 1.82) is 0 Å². The van der Waals surface area contributed by atoms with Crippen molar-refractivity contribution in [2.24, 2.45) is 0 Å². The second-order valence-corrected chi connectivity index (χ2v) is 5.28. The van der Waals surface area contributed by atoms with Crippen molar-refractivity contribution in [2.45, 2.75) is 13.0 Å². The van der Waals surface area contributed by atoms with Gasteiger partial charge in [-0.2, -0.15) is 11.8 Å². The third-order valence-corrected chi connectivity index (χ3v) is 3.76. The molecule has 0 saturated carbocycles. The van der Waals surface area contributed by atoms with Crippen molar-refractivity contribution in [3.8, 4) is 0 Å². The van der Waals surface area contributed by atoms with Crippen LogP contribution in [0.15, 0.2) is 18.2 Å². The first-order valence-electron chi connectivity index (χ1n) is 5.28. The third-order valence-electron chi connectivity index (χ3n) is 2.61. The lowest BCUT2D eigenvalue weighted by atomic mass is 10.1. The Hall–Kier alpha value is -0.870. The van der Waals surface area contributed by atoms with Gasteiger partial charge in [0.15, 0.2) is 0 Å². The normalized spacial score (nSPS) is 12.2. The van der Waals surface area contributed by atoms with Crippen molar-refractivity contribution in [3.05, 3.63) is 28.8 Å². The Morgan fingerprint density at radius 2 is 2.24 bits per heavy atom. The molecule has 0 saturated heterocycles. The molecule has 0 aromatic heterocycles. The quantitative estimate of drug-likeness (QED) is 0.858. The number of halogens is 1. The molecule has 0 radical (unpaired) electrons. The Bertz CT molecular complexity index is 411. The van der Waals surface area contributed by atoms with Gasteiger partial charge in [0.05, 0.1) is 10.6 Å². The summed E-state index contributed by atoms with van der Waals surface area (Å²) in [4.78, 5) is 13.9. The highest BCUT2D eigenvalue weighted by molar-refractivity contribution is 7.98. The van der Waals surface area contributed by atoms with Crippen molar-refractivity contribution < 1.29 is 4.79 Å². The molecule has 94 valence electrons. The minimum atomic E-state index is -0.0937. The third kappa shape index (κ3) is 3.54. The van der Waals surface area contributed by atoms with Gasteiger partial charge in [-0.25, -0.2) is 0 Å². The highest BCUT2D eigenvalue weighted by Gasteiger charge is 2.19. The number of nitrogens with zero attached hydrogens (tertiary/aromatic N) is 1. The first-order valence-corrected chi connectivity index (χ1v) is 7.05. The van der Waals surface area contributed by atoms with Crippen molar-refractivity contribution >= 4 is 35.0 Å². The van der Waals surface area contributed by atoms with Crippen molar-refractivity contribution in [2.75, 3.05) is 24.8 Å². The van der Waals surface area contributed by atoms with E-state index in [0.717, 1.165) is 5.75 Å². The van der Waals surface area contributed by atoms with Crippen LogP contribution in [0, 0.1) is 0 Å². The number of amides is 1. The van der Waals surface area contributed by atoms with E-state index in [1.54, 1.807) is 41.9 Å². The topological polar surface area (TPSA) is 46.3 Å². The Balaban J connectivity index is 2.92. The van der Waals surface area contributed by atoms with E-state index in [2.05, 4.69) is 0 Å². The Kier molecular flexibility index (Phi) is 5.15. The van der Waals surface area contributed by atoms with E-state index >= 15 is 0 Å². The van der Waals surface area contributed by atoms with Gasteiger partial charge in [-0.3, -0.25) is 4.79 Å². The van der Waals surface area contributed by atoms with E-state index < -0.39 is 0 Å². The summed E-state index contributed by atoms with van der Waals surface area (Å²) in [5.74, 6) is 0.797. The standard InChI is InChI=1S/C12H17ClN2OS/c1-8(7-17-3)15(2)12(16)10-6-9(14)4-5-11(10)13/h4-6,8H,7,14H2,1-3H3. The minimum absolute atomic E-state index is 0.0937. The molecule has 17 heavy (non-hydrogen) atoms. The van der Waals surface area contributed by atoms with Crippen molar-refractivity contribution in [1.82, 2.24) is 4.90 Å². The lowest BCUT2D eigenvalue weighted by Crippen LogP contribution is -2.36. The lowest BCUT2D eigenvalue weighted by Gasteiger charge is -2.24. The smallest absolute Gasteiger partial charge is 0.255 e. The fourth-order valence-electron chi connectivity index (χ4n) is 1.45. The Morgan fingerprint density at radius 1 is 1.59 bits per heavy atom. The number of nitrogens with two attached hydrogens (primary N) is 1. The van der Waals surface area contributed by atoms with E-state index in [9.17, 15) is 4.79 Å². The second kappa shape index (κ2) is 6.17. The summed E-state index contributed by atoms with van der Waals surface area (Å²) in [6.07, 6.45) is 2.02. The van der Waals surface area contributed by atoms with Gasteiger partial charge < -0.3 is 10.6 Å². The maximum absolute atomic E-state index is 12.2. The predicted molar refractivity (Wildman–Crippen MR) is 75.8 cm³/mol. The van der Waals surface area contributed by atoms with E-state index in [1.807, 2.05) is 13.2 Å². The van der Waals surface area contributed by atoms with Crippen LogP contribution in [0.25, 0.3) is 0 Å². The summed E-state index contributed by atoms with van der Waals surface area (Å²) < 4.78 is 0. The fourth-order valence-corrected chi connectivity index (χ4v) is 2.35. The average molecular weight is 273 g/mol. The van der Waals surface area contributed by atoms with E-state index in [0.29, 0.717) is 16.3 Å². The summed E-state index contributed by atoms with van der Waals surface area (Å²) in [6.45, 7) is 2.01. The fraction of sp³-hybridized carbons (Fsp3) is 0.417. The molecule has 5 heteroatoms.